The van der Waals surface area contributed by atoms with Gasteiger partial charge in [0, 0.05) is 19.7 Å². The third-order valence-corrected chi connectivity index (χ3v) is 3.32. The molecule has 2 rings (SSSR count). The highest BCUT2D eigenvalue weighted by Crippen LogP contribution is 2.22. The Kier molecular flexibility index (Phi) is 5.36. The highest BCUT2D eigenvalue weighted by molar-refractivity contribution is 5.92. The molecule has 0 aromatic heterocycles. The number of rotatable bonds is 5. The lowest BCUT2D eigenvalue weighted by molar-refractivity contribution is -0.138. The standard InChI is InChI=1S/C18H19NO4/c1-19(2)17(20)16(13-7-5-4-6-8-13)23-18(21)14-9-11-15(22-3)12-10-14/h4-12,16H,1-3H3/t16-/m1/s1. The van der Waals surface area contributed by atoms with Gasteiger partial charge in [-0.15, -0.1) is 0 Å². The number of carbonyl (C=O) groups is 2. The predicted octanol–water partition coefficient (Wildman–Crippen LogP) is 2.68. The van der Waals surface area contributed by atoms with E-state index in [0.29, 0.717) is 16.9 Å². The summed E-state index contributed by atoms with van der Waals surface area (Å²) in [4.78, 5) is 26.1. The second kappa shape index (κ2) is 7.45. The van der Waals surface area contributed by atoms with Crippen LogP contribution in [0.3, 0.4) is 0 Å². The molecule has 0 radical (unpaired) electrons. The first-order valence-electron chi connectivity index (χ1n) is 7.14. The van der Waals surface area contributed by atoms with Crippen LogP contribution in [0.25, 0.3) is 0 Å². The fourth-order valence-corrected chi connectivity index (χ4v) is 2.03. The van der Waals surface area contributed by atoms with E-state index in [-0.39, 0.29) is 5.91 Å². The highest BCUT2D eigenvalue weighted by atomic mass is 16.5. The molecule has 2 aromatic carbocycles. The number of methoxy groups -OCH3 is 1. The SMILES string of the molecule is COc1ccc(C(=O)O[C@@H](C(=O)N(C)C)c2ccccc2)cc1. The molecule has 0 fully saturated rings. The van der Waals surface area contributed by atoms with Crippen LogP contribution < -0.4 is 4.74 Å². The van der Waals surface area contributed by atoms with Crippen LogP contribution in [0, 0.1) is 0 Å². The van der Waals surface area contributed by atoms with Crippen molar-refractivity contribution >= 4 is 11.9 Å². The Morgan fingerprint density at radius 1 is 0.957 bits per heavy atom. The summed E-state index contributed by atoms with van der Waals surface area (Å²) in [5.41, 5.74) is 0.992. The first-order valence-corrected chi connectivity index (χ1v) is 7.14. The molecule has 0 heterocycles. The molecule has 0 aliphatic carbocycles. The van der Waals surface area contributed by atoms with Crippen molar-refractivity contribution in [2.75, 3.05) is 21.2 Å². The third kappa shape index (κ3) is 4.10. The summed E-state index contributed by atoms with van der Waals surface area (Å²) in [6, 6.07) is 15.5. The lowest BCUT2D eigenvalue weighted by Crippen LogP contribution is -2.31. The number of benzene rings is 2. The summed E-state index contributed by atoms with van der Waals surface area (Å²) in [7, 11) is 4.80. The topological polar surface area (TPSA) is 55.8 Å². The zero-order valence-corrected chi connectivity index (χ0v) is 13.4. The minimum atomic E-state index is -0.971. The molecule has 0 unspecified atom stereocenters. The number of esters is 1. The van der Waals surface area contributed by atoms with Gasteiger partial charge >= 0.3 is 5.97 Å². The smallest absolute Gasteiger partial charge is 0.339 e. The Balaban J connectivity index is 2.23. The van der Waals surface area contributed by atoms with E-state index >= 15 is 0 Å². The summed E-state index contributed by atoms with van der Waals surface area (Å²) in [6.45, 7) is 0. The first kappa shape index (κ1) is 16.5. The van der Waals surface area contributed by atoms with Crippen LogP contribution >= 0.6 is 0 Å². The normalized spacial score (nSPS) is 11.4. The van der Waals surface area contributed by atoms with E-state index in [1.165, 1.54) is 4.90 Å². The maximum atomic E-state index is 12.3. The Morgan fingerprint density at radius 3 is 2.09 bits per heavy atom. The molecule has 0 aliphatic rings. The molecule has 23 heavy (non-hydrogen) atoms. The van der Waals surface area contributed by atoms with Crippen molar-refractivity contribution in [2.45, 2.75) is 6.10 Å². The van der Waals surface area contributed by atoms with Gasteiger partial charge in [0.05, 0.1) is 12.7 Å². The molecular weight excluding hydrogens is 294 g/mol. The number of carbonyl (C=O) groups excluding carboxylic acids is 2. The zero-order chi connectivity index (χ0) is 16.8. The van der Waals surface area contributed by atoms with Gasteiger partial charge < -0.3 is 14.4 Å². The van der Waals surface area contributed by atoms with Crippen molar-refractivity contribution in [1.82, 2.24) is 4.90 Å². The van der Waals surface area contributed by atoms with Gasteiger partial charge in [-0.1, -0.05) is 30.3 Å². The van der Waals surface area contributed by atoms with E-state index in [2.05, 4.69) is 0 Å². The minimum absolute atomic E-state index is 0.293. The molecule has 0 aliphatic heterocycles. The summed E-state index contributed by atoms with van der Waals surface area (Å²) in [5, 5.41) is 0. The number of nitrogens with zero attached hydrogens (tertiary/aromatic N) is 1. The number of ether oxygens (including phenoxy) is 2. The van der Waals surface area contributed by atoms with E-state index in [0.717, 1.165) is 0 Å². The average molecular weight is 313 g/mol. The fourth-order valence-electron chi connectivity index (χ4n) is 2.03. The molecule has 120 valence electrons. The number of likely N-dealkylation sites (N-methyl/N-ethyl adjacent to an activating group) is 1. The molecule has 0 N–H and O–H groups in total. The minimum Gasteiger partial charge on any atom is -0.497 e. The van der Waals surface area contributed by atoms with Crippen LogP contribution in [0.5, 0.6) is 5.75 Å². The molecule has 5 nitrogen and oxygen atoms in total. The molecule has 0 bridgehead atoms. The zero-order valence-electron chi connectivity index (χ0n) is 13.4. The maximum absolute atomic E-state index is 12.3. The van der Waals surface area contributed by atoms with Gasteiger partial charge in [-0.2, -0.15) is 0 Å². The Labute approximate surface area is 135 Å². The van der Waals surface area contributed by atoms with Crippen molar-refractivity contribution in [1.29, 1.82) is 0 Å². The van der Waals surface area contributed by atoms with Gasteiger partial charge in [0.2, 0.25) is 6.10 Å². The average Bonchev–Trinajstić information content (AvgIpc) is 2.59. The number of amides is 1. The molecule has 0 spiro atoms. The van der Waals surface area contributed by atoms with Crippen LogP contribution in [0.4, 0.5) is 0 Å². The van der Waals surface area contributed by atoms with Crippen molar-refractivity contribution < 1.29 is 19.1 Å². The van der Waals surface area contributed by atoms with Crippen molar-refractivity contribution in [3.8, 4) is 5.75 Å². The molecule has 0 saturated carbocycles. The lowest BCUT2D eigenvalue weighted by Gasteiger charge is -2.21. The Morgan fingerprint density at radius 2 is 1.57 bits per heavy atom. The van der Waals surface area contributed by atoms with Crippen LogP contribution in [0.1, 0.15) is 22.0 Å². The Hall–Kier alpha value is -2.82. The van der Waals surface area contributed by atoms with Crippen molar-refractivity contribution in [3.63, 3.8) is 0 Å². The fraction of sp³-hybridized carbons (Fsp3) is 0.222. The quantitative estimate of drug-likeness (QED) is 0.796. The van der Waals surface area contributed by atoms with Gasteiger partial charge in [-0.25, -0.2) is 4.79 Å². The summed E-state index contributed by atoms with van der Waals surface area (Å²) >= 11 is 0. The summed E-state index contributed by atoms with van der Waals surface area (Å²) in [6.07, 6.45) is -0.971. The van der Waals surface area contributed by atoms with Crippen LogP contribution in [0.15, 0.2) is 54.6 Å². The van der Waals surface area contributed by atoms with E-state index < -0.39 is 12.1 Å². The molecule has 5 heteroatoms. The van der Waals surface area contributed by atoms with E-state index in [9.17, 15) is 9.59 Å². The largest absolute Gasteiger partial charge is 0.497 e. The van der Waals surface area contributed by atoms with Gasteiger partial charge in [-0.05, 0) is 24.3 Å². The molecule has 2 aromatic rings. The molecular formula is C18H19NO4. The van der Waals surface area contributed by atoms with Gasteiger partial charge in [-0.3, -0.25) is 4.79 Å². The lowest BCUT2D eigenvalue weighted by atomic mass is 10.1. The van der Waals surface area contributed by atoms with Crippen LogP contribution in [-0.2, 0) is 9.53 Å². The van der Waals surface area contributed by atoms with E-state index in [4.69, 9.17) is 9.47 Å². The van der Waals surface area contributed by atoms with Gasteiger partial charge in [0.15, 0.2) is 0 Å². The highest BCUT2D eigenvalue weighted by Gasteiger charge is 2.26. The van der Waals surface area contributed by atoms with Gasteiger partial charge in [0.25, 0.3) is 5.91 Å². The summed E-state index contributed by atoms with van der Waals surface area (Å²) in [5.74, 6) is -0.208. The predicted molar refractivity (Wildman–Crippen MR) is 86.3 cm³/mol. The molecule has 1 atom stereocenters. The number of hydrogen-bond donors (Lipinski definition) is 0. The second-order valence-electron chi connectivity index (χ2n) is 5.16. The number of hydrogen-bond acceptors (Lipinski definition) is 4. The van der Waals surface area contributed by atoms with Crippen LogP contribution in [-0.4, -0.2) is 38.0 Å². The monoisotopic (exact) mass is 313 g/mol. The van der Waals surface area contributed by atoms with Crippen LogP contribution in [0.2, 0.25) is 0 Å². The van der Waals surface area contributed by atoms with Gasteiger partial charge in [0.1, 0.15) is 5.75 Å². The van der Waals surface area contributed by atoms with Crippen molar-refractivity contribution in [2.24, 2.45) is 0 Å². The maximum Gasteiger partial charge on any atom is 0.339 e. The first-order chi connectivity index (χ1) is 11.0. The van der Waals surface area contributed by atoms with Crippen molar-refractivity contribution in [3.05, 3.63) is 65.7 Å². The Bertz CT molecular complexity index is 665. The second-order valence-corrected chi connectivity index (χ2v) is 5.16. The van der Waals surface area contributed by atoms with E-state index in [1.54, 1.807) is 69.7 Å². The molecule has 0 saturated heterocycles. The molecule has 1 amide bonds. The third-order valence-electron chi connectivity index (χ3n) is 3.32. The summed E-state index contributed by atoms with van der Waals surface area (Å²) < 4.78 is 10.5. The van der Waals surface area contributed by atoms with E-state index in [1.807, 2.05) is 6.07 Å².